The molecule has 2 heterocycles. The summed E-state index contributed by atoms with van der Waals surface area (Å²) in [5.41, 5.74) is 10.3. The van der Waals surface area contributed by atoms with Crippen molar-refractivity contribution >= 4 is 0 Å². The summed E-state index contributed by atoms with van der Waals surface area (Å²) in [7, 11) is 0. The van der Waals surface area contributed by atoms with Crippen molar-refractivity contribution in [2.75, 3.05) is 19.6 Å². The molecule has 0 bridgehead atoms. The number of benzene rings is 1. The number of nitrogens with zero attached hydrogens (tertiary/aromatic N) is 2. The van der Waals surface area contributed by atoms with Crippen LogP contribution in [0.15, 0.2) is 66.2 Å². The lowest BCUT2D eigenvalue weighted by Gasteiger charge is -2.38. The molecule has 0 radical (unpaired) electrons. The van der Waals surface area contributed by atoms with Crippen molar-refractivity contribution in [3.63, 3.8) is 0 Å². The molecular weight excluding hydrogens is 234 g/mol. The third-order valence-electron chi connectivity index (χ3n) is 3.67. The number of hydrogen-bond donors (Lipinski definition) is 1. The molecule has 0 aromatic heterocycles. The van der Waals surface area contributed by atoms with Gasteiger partial charge in [0.25, 0.3) is 0 Å². The monoisotopic (exact) mass is 253 g/mol. The van der Waals surface area contributed by atoms with E-state index in [0.29, 0.717) is 0 Å². The molecular formula is C16H19N3. The minimum Gasteiger partial charge on any atom is -0.397 e. The number of allylic oxidation sites excluding steroid dienone is 1. The maximum Gasteiger partial charge on any atom is 0.0547 e. The molecule has 98 valence electrons. The Morgan fingerprint density at radius 2 is 1.95 bits per heavy atom. The standard InChI is InChI=1S/C16H19N3/c1-13-9-15-11-18(7-8-19(15)12-16(13)17)10-14-5-3-2-4-6-14/h2-6,9,12H,1,7-8,10-11,17H2. The molecule has 0 saturated carbocycles. The van der Waals surface area contributed by atoms with Gasteiger partial charge in [-0.3, -0.25) is 4.90 Å². The van der Waals surface area contributed by atoms with E-state index in [1.165, 1.54) is 11.3 Å². The first-order valence-electron chi connectivity index (χ1n) is 6.62. The summed E-state index contributed by atoms with van der Waals surface area (Å²) < 4.78 is 0. The molecule has 2 N–H and O–H groups in total. The molecule has 2 aliphatic heterocycles. The van der Waals surface area contributed by atoms with Crippen LogP contribution in [0.3, 0.4) is 0 Å². The molecule has 0 atom stereocenters. The fourth-order valence-electron chi connectivity index (χ4n) is 2.58. The van der Waals surface area contributed by atoms with Gasteiger partial charge in [-0.05, 0) is 17.2 Å². The molecule has 3 nitrogen and oxygen atoms in total. The molecule has 19 heavy (non-hydrogen) atoms. The number of hydrogen-bond acceptors (Lipinski definition) is 3. The van der Waals surface area contributed by atoms with Crippen LogP contribution >= 0.6 is 0 Å². The van der Waals surface area contributed by atoms with Gasteiger partial charge in [-0.25, -0.2) is 0 Å². The van der Waals surface area contributed by atoms with Crippen LogP contribution in [0.4, 0.5) is 0 Å². The zero-order valence-corrected chi connectivity index (χ0v) is 11.0. The second-order valence-corrected chi connectivity index (χ2v) is 5.14. The summed E-state index contributed by atoms with van der Waals surface area (Å²) in [5, 5.41) is 0. The lowest BCUT2D eigenvalue weighted by Crippen LogP contribution is -2.43. The fraction of sp³-hybridized carbons (Fsp3) is 0.250. The molecule has 1 fully saturated rings. The Labute approximate surface area is 114 Å². The summed E-state index contributed by atoms with van der Waals surface area (Å²) in [6.45, 7) is 7.98. The van der Waals surface area contributed by atoms with Gasteiger partial charge in [0, 0.05) is 38.1 Å². The highest BCUT2D eigenvalue weighted by Gasteiger charge is 2.22. The topological polar surface area (TPSA) is 32.5 Å². The normalized spacial score (nSPS) is 19.8. The van der Waals surface area contributed by atoms with Crippen LogP contribution < -0.4 is 5.73 Å². The van der Waals surface area contributed by atoms with Gasteiger partial charge in [0.2, 0.25) is 0 Å². The van der Waals surface area contributed by atoms with Crippen molar-refractivity contribution in [2.24, 2.45) is 5.73 Å². The van der Waals surface area contributed by atoms with E-state index in [9.17, 15) is 0 Å². The van der Waals surface area contributed by atoms with Crippen LogP contribution in [0.1, 0.15) is 5.56 Å². The molecule has 0 aliphatic carbocycles. The van der Waals surface area contributed by atoms with E-state index in [0.717, 1.165) is 37.4 Å². The van der Waals surface area contributed by atoms with Crippen molar-refractivity contribution in [2.45, 2.75) is 6.54 Å². The molecule has 3 heteroatoms. The van der Waals surface area contributed by atoms with E-state index in [-0.39, 0.29) is 0 Å². The Bertz CT molecular complexity index is 542. The molecule has 1 aromatic rings. The zero-order chi connectivity index (χ0) is 13.2. The number of fused-ring (bicyclic) bond motifs is 1. The van der Waals surface area contributed by atoms with E-state index in [4.69, 9.17) is 5.73 Å². The minimum atomic E-state index is 0.778. The molecule has 0 spiro atoms. The van der Waals surface area contributed by atoms with Gasteiger partial charge < -0.3 is 10.6 Å². The highest BCUT2D eigenvalue weighted by molar-refractivity contribution is 5.42. The Hall–Kier alpha value is -2.00. The first-order chi connectivity index (χ1) is 9.22. The van der Waals surface area contributed by atoms with Crippen LogP contribution in [-0.2, 0) is 6.54 Å². The highest BCUT2D eigenvalue weighted by Crippen LogP contribution is 2.23. The largest absolute Gasteiger partial charge is 0.397 e. The van der Waals surface area contributed by atoms with Crippen molar-refractivity contribution < 1.29 is 0 Å². The molecule has 1 saturated heterocycles. The number of nitrogens with two attached hydrogens (primary N) is 1. The van der Waals surface area contributed by atoms with Gasteiger partial charge in [0.1, 0.15) is 0 Å². The summed E-state index contributed by atoms with van der Waals surface area (Å²) in [5.74, 6) is 0. The quantitative estimate of drug-likeness (QED) is 0.875. The van der Waals surface area contributed by atoms with E-state index in [1.54, 1.807) is 0 Å². The predicted octanol–water partition coefficient (Wildman–Crippen LogP) is 2.06. The lowest BCUT2D eigenvalue weighted by molar-refractivity contribution is 0.200. The maximum absolute atomic E-state index is 5.91. The SMILES string of the molecule is C=C1C=C2CN(Cc3ccccc3)CCN2C=C1N. The van der Waals surface area contributed by atoms with Crippen LogP contribution in [0, 0.1) is 0 Å². The third-order valence-corrected chi connectivity index (χ3v) is 3.67. The van der Waals surface area contributed by atoms with E-state index in [1.807, 2.05) is 6.20 Å². The maximum atomic E-state index is 5.91. The van der Waals surface area contributed by atoms with Crippen LogP contribution in [0.5, 0.6) is 0 Å². The van der Waals surface area contributed by atoms with Crippen LogP contribution in [0.2, 0.25) is 0 Å². The Morgan fingerprint density at radius 3 is 2.74 bits per heavy atom. The Balaban J connectivity index is 1.70. The number of piperazine rings is 1. The fourth-order valence-corrected chi connectivity index (χ4v) is 2.58. The molecule has 0 amide bonds. The lowest BCUT2D eigenvalue weighted by atomic mass is 10.1. The predicted molar refractivity (Wildman–Crippen MR) is 77.9 cm³/mol. The first kappa shape index (κ1) is 12.1. The van der Waals surface area contributed by atoms with Crippen LogP contribution in [0.25, 0.3) is 0 Å². The average molecular weight is 253 g/mol. The smallest absolute Gasteiger partial charge is 0.0547 e. The van der Waals surface area contributed by atoms with Gasteiger partial charge in [-0.1, -0.05) is 36.9 Å². The molecule has 2 aliphatic rings. The van der Waals surface area contributed by atoms with Gasteiger partial charge in [0.15, 0.2) is 0 Å². The van der Waals surface area contributed by atoms with Gasteiger partial charge in [0.05, 0.1) is 5.70 Å². The Morgan fingerprint density at radius 1 is 1.16 bits per heavy atom. The van der Waals surface area contributed by atoms with E-state index in [2.05, 4.69) is 52.8 Å². The third kappa shape index (κ3) is 2.56. The molecule has 3 rings (SSSR count). The summed E-state index contributed by atoms with van der Waals surface area (Å²) in [6.07, 6.45) is 4.12. The van der Waals surface area contributed by atoms with Crippen molar-refractivity contribution in [3.8, 4) is 0 Å². The van der Waals surface area contributed by atoms with Gasteiger partial charge in [-0.15, -0.1) is 0 Å². The average Bonchev–Trinajstić information content (AvgIpc) is 2.42. The van der Waals surface area contributed by atoms with Gasteiger partial charge in [-0.2, -0.15) is 0 Å². The van der Waals surface area contributed by atoms with Gasteiger partial charge >= 0.3 is 0 Å². The highest BCUT2D eigenvalue weighted by atomic mass is 15.3. The van der Waals surface area contributed by atoms with Crippen molar-refractivity contribution in [3.05, 3.63) is 71.7 Å². The summed E-state index contributed by atoms with van der Waals surface area (Å²) >= 11 is 0. The van der Waals surface area contributed by atoms with E-state index < -0.39 is 0 Å². The van der Waals surface area contributed by atoms with Crippen LogP contribution in [-0.4, -0.2) is 29.4 Å². The first-order valence-corrected chi connectivity index (χ1v) is 6.62. The minimum absolute atomic E-state index is 0.778. The Kier molecular flexibility index (Phi) is 3.13. The molecule has 0 unspecified atom stereocenters. The van der Waals surface area contributed by atoms with Crippen molar-refractivity contribution in [1.29, 1.82) is 0 Å². The zero-order valence-electron chi connectivity index (χ0n) is 11.0. The van der Waals surface area contributed by atoms with Crippen molar-refractivity contribution in [1.82, 2.24) is 9.80 Å². The second kappa shape index (κ2) is 4.94. The summed E-state index contributed by atoms with van der Waals surface area (Å²) in [4.78, 5) is 4.70. The van der Waals surface area contributed by atoms with E-state index >= 15 is 0 Å². The molecule has 1 aromatic carbocycles. The number of rotatable bonds is 2. The summed E-state index contributed by atoms with van der Waals surface area (Å²) in [6, 6.07) is 10.6. The second-order valence-electron chi connectivity index (χ2n) is 5.14.